The highest BCUT2D eigenvalue weighted by Gasteiger charge is 2.43. The first-order chi connectivity index (χ1) is 18.1. The summed E-state index contributed by atoms with van der Waals surface area (Å²) in [5.41, 5.74) is 5.23. The molecule has 2 atom stereocenters. The van der Waals surface area contributed by atoms with Crippen molar-refractivity contribution in [1.82, 2.24) is 4.90 Å². The van der Waals surface area contributed by atoms with Gasteiger partial charge < -0.3 is 19.2 Å². The number of hydrogen-bond acceptors (Lipinski definition) is 5. The minimum Gasteiger partial charge on any atom is -0.488 e. The van der Waals surface area contributed by atoms with Crippen LogP contribution in [0.5, 0.6) is 5.75 Å². The van der Waals surface area contributed by atoms with Crippen LogP contribution in [-0.2, 0) is 17.8 Å². The van der Waals surface area contributed by atoms with Crippen LogP contribution in [0.2, 0.25) is 0 Å². The van der Waals surface area contributed by atoms with Crippen LogP contribution in [0.3, 0.4) is 0 Å². The number of ether oxygens (including phenoxy) is 1. The van der Waals surface area contributed by atoms with E-state index in [2.05, 4.69) is 32.0 Å². The lowest BCUT2D eigenvalue weighted by Crippen LogP contribution is -2.54. The van der Waals surface area contributed by atoms with E-state index >= 15 is 0 Å². The van der Waals surface area contributed by atoms with Gasteiger partial charge in [0.05, 0.1) is 5.60 Å². The summed E-state index contributed by atoms with van der Waals surface area (Å²) >= 11 is 0. The lowest BCUT2D eigenvalue weighted by Gasteiger charge is -2.47. The first-order valence-electron chi connectivity index (χ1n) is 13.9. The molecule has 1 amide bonds. The molecule has 1 saturated carbocycles. The first-order valence-corrected chi connectivity index (χ1v) is 13.9. The molecule has 3 aromatic rings. The molecule has 1 aliphatic carbocycles. The smallest absolute Gasteiger partial charge is 0.339 e. The predicted octanol–water partition coefficient (Wildman–Crippen LogP) is 5.69. The molecule has 2 heterocycles. The van der Waals surface area contributed by atoms with E-state index in [0.29, 0.717) is 49.4 Å². The van der Waals surface area contributed by atoms with Crippen LogP contribution in [0, 0.1) is 33.6 Å². The zero-order valence-electron chi connectivity index (χ0n) is 23.1. The molecule has 1 aromatic heterocycles. The van der Waals surface area contributed by atoms with E-state index in [1.165, 1.54) is 11.1 Å². The van der Waals surface area contributed by atoms with Crippen molar-refractivity contribution in [3.63, 3.8) is 0 Å². The number of fused-ring (bicyclic) bond motifs is 2. The van der Waals surface area contributed by atoms with E-state index in [1.807, 2.05) is 30.9 Å². The number of hydrogen-bond donors (Lipinski definition) is 1. The normalized spacial score (nSPS) is 21.4. The van der Waals surface area contributed by atoms with Crippen LogP contribution >= 0.6 is 0 Å². The van der Waals surface area contributed by atoms with Gasteiger partial charge in [0.2, 0.25) is 5.91 Å². The molecule has 0 radical (unpaired) electrons. The molecule has 1 aliphatic heterocycles. The lowest BCUT2D eigenvalue weighted by molar-refractivity contribution is -0.143. The molecule has 6 nitrogen and oxygen atoms in total. The van der Waals surface area contributed by atoms with Gasteiger partial charge in [-0.05, 0) is 76.6 Å². The number of piperidine rings is 1. The number of aliphatic hydroxyl groups is 1. The molecule has 2 aromatic carbocycles. The van der Waals surface area contributed by atoms with E-state index in [1.54, 1.807) is 0 Å². The molecule has 0 unspecified atom stereocenters. The van der Waals surface area contributed by atoms with Crippen molar-refractivity contribution in [2.75, 3.05) is 13.1 Å². The fourth-order valence-electron chi connectivity index (χ4n) is 6.52. The van der Waals surface area contributed by atoms with E-state index in [4.69, 9.17) is 9.15 Å². The SMILES string of the molecule is Cc1cc(C)cc(COc2ccc3c(C)c(CCC(=O)N4CC[C@]5(O)CCCC[C@@H]5C4)c(=O)oc3c2C)c1. The molecular formula is C32H39NO5. The van der Waals surface area contributed by atoms with Gasteiger partial charge in [-0.25, -0.2) is 4.79 Å². The highest BCUT2D eigenvalue weighted by atomic mass is 16.5. The highest BCUT2D eigenvalue weighted by Crippen LogP contribution is 2.40. The standard InChI is InChI=1S/C32H39NO5/c1-20-15-21(2)17-24(16-20)19-37-28-10-8-26-22(3)27(31(35)38-30(26)23(28)4)9-11-29(34)33-14-13-32(36)12-6-5-7-25(32)18-33/h8,10,15-17,25,36H,5-7,9,11-14,18-19H2,1-4H3/t25-,32-/m1/s1. The number of likely N-dealkylation sites (tertiary alicyclic amines) is 1. The summed E-state index contributed by atoms with van der Waals surface area (Å²) in [4.78, 5) is 28.0. The van der Waals surface area contributed by atoms with Crippen molar-refractivity contribution in [2.45, 2.75) is 84.8 Å². The van der Waals surface area contributed by atoms with Crippen LogP contribution in [0.1, 0.15) is 71.9 Å². The highest BCUT2D eigenvalue weighted by molar-refractivity contribution is 5.86. The Morgan fingerprint density at radius 3 is 2.61 bits per heavy atom. The van der Waals surface area contributed by atoms with Crippen LogP contribution in [0.4, 0.5) is 0 Å². The maximum absolute atomic E-state index is 13.1. The molecule has 5 rings (SSSR count). The van der Waals surface area contributed by atoms with Crippen molar-refractivity contribution in [1.29, 1.82) is 0 Å². The van der Waals surface area contributed by atoms with E-state index in [9.17, 15) is 14.7 Å². The van der Waals surface area contributed by atoms with Gasteiger partial charge in [-0.1, -0.05) is 42.2 Å². The Labute approximate surface area is 224 Å². The second-order valence-corrected chi connectivity index (χ2v) is 11.5. The Hall–Kier alpha value is -3.12. The number of nitrogens with zero attached hydrogens (tertiary/aromatic N) is 1. The van der Waals surface area contributed by atoms with Gasteiger partial charge in [-0.3, -0.25) is 4.79 Å². The predicted molar refractivity (Wildman–Crippen MR) is 149 cm³/mol. The quantitative estimate of drug-likeness (QED) is 0.425. The summed E-state index contributed by atoms with van der Waals surface area (Å²) in [6.45, 7) is 9.62. The van der Waals surface area contributed by atoms with Gasteiger partial charge in [-0.15, -0.1) is 0 Å². The summed E-state index contributed by atoms with van der Waals surface area (Å²) < 4.78 is 11.9. The third kappa shape index (κ3) is 5.24. The largest absolute Gasteiger partial charge is 0.488 e. The van der Waals surface area contributed by atoms with E-state index < -0.39 is 11.2 Å². The van der Waals surface area contributed by atoms with Crippen molar-refractivity contribution in [3.8, 4) is 5.75 Å². The summed E-state index contributed by atoms with van der Waals surface area (Å²) in [7, 11) is 0. The Morgan fingerprint density at radius 1 is 1.08 bits per heavy atom. The summed E-state index contributed by atoms with van der Waals surface area (Å²) in [6, 6.07) is 10.2. The van der Waals surface area contributed by atoms with Crippen LogP contribution < -0.4 is 10.4 Å². The topological polar surface area (TPSA) is 80.0 Å². The number of benzene rings is 2. The Bertz CT molecular complexity index is 1400. The van der Waals surface area contributed by atoms with Crippen molar-refractivity contribution in [3.05, 3.63) is 74.1 Å². The van der Waals surface area contributed by atoms with Crippen molar-refractivity contribution >= 4 is 16.9 Å². The van der Waals surface area contributed by atoms with E-state index in [-0.39, 0.29) is 18.2 Å². The van der Waals surface area contributed by atoms with Crippen LogP contribution in [0.25, 0.3) is 11.0 Å². The fourth-order valence-corrected chi connectivity index (χ4v) is 6.52. The molecule has 6 heteroatoms. The minimum atomic E-state index is -0.607. The van der Waals surface area contributed by atoms with Crippen LogP contribution in [-0.4, -0.2) is 34.6 Å². The Kier molecular flexibility index (Phi) is 7.36. The number of aryl methyl sites for hydroxylation is 4. The molecular weight excluding hydrogens is 478 g/mol. The average Bonchev–Trinajstić information content (AvgIpc) is 2.87. The number of rotatable bonds is 6. The lowest BCUT2D eigenvalue weighted by atomic mass is 9.71. The number of carbonyl (C=O) groups excluding carboxylic acids is 1. The monoisotopic (exact) mass is 517 g/mol. The van der Waals surface area contributed by atoms with Crippen molar-refractivity contribution in [2.24, 2.45) is 5.92 Å². The Balaban J connectivity index is 1.29. The number of carbonyl (C=O) groups is 1. The maximum Gasteiger partial charge on any atom is 0.339 e. The van der Waals surface area contributed by atoms with Gasteiger partial charge >= 0.3 is 5.63 Å². The van der Waals surface area contributed by atoms with Gasteiger partial charge in [0.1, 0.15) is 17.9 Å². The van der Waals surface area contributed by atoms with Gasteiger partial charge in [0, 0.05) is 41.9 Å². The molecule has 38 heavy (non-hydrogen) atoms. The fraction of sp³-hybridized carbons (Fsp3) is 0.500. The summed E-state index contributed by atoms with van der Waals surface area (Å²) in [6.07, 6.45) is 5.25. The molecule has 202 valence electrons. The van der Waals surface area contributed by atoms with Crippen molar-refractivity contribution < 1.29 is 19.1 Å². The Morgan fingerprint density at radius 2 is 1.84 bits per heavy atom. The third-order valence-electron chi connectivity index (χ3n) is 8.70. The zero-order chi connectivity index (χ0) is 27.0. The number of amides is 1. The molecule has 1 saturated heterocycles. The van der Waals surface area contributed by atoms with Crippen LogP contribution in [0.15, 0.2) is 39.5 Å². The second-order valence-electron chi connectivity index (χ2n) is 11.5. The molecule has 1 N–H and O–H groups in total. The molecule has 2 aliphatic rings. The third-order valence-corrected chi connectivity index (χ3v) is 8.70. The molecule has 2 fully saturated rings. The summed E-state index contributed by atoms with van der Waals surface area (Å²) in [5, 5.41) is 11.8. The van der Waals surface area contributed by atoms with Gasteiger partial charge in [0.15, 0.2) is 0 Å². The van der Waals surface area contributed by atoms with E-state index in [0.717, 1.165) is 47.8 Å². The second kappa shape index (κ2) is 10.6. The zero-order valence-corrected chi connectivity index (χ0v) is 23.1. The average molecular weight is 518 g/mol. The summed E-state index contributed by atoms with van der Waals surface area (Å²) in [5.74, 6) is 0.897. The van der Waals surface area contributed by atoms with Gasteiger partial charge in [-0.2, -0.15) is 0 Å². The first kappa shape index (κ1) is 26.5. The minimum absolute atomic E-state index is 0.0443. The maximum atomic E-state index is 13.1. The molecule has 0 spiro atoms. The van der Waals surface area contributed by atoms with Gasteiger partial charge in [0.25, 0.3) is 0 Å². The molecule has 0 bridgehead atoms.